The fourth-order valence-corrected chi connectivity index (χ4v) is 1.53. The van der Waals surface area contributed by atoms with Gasteiger partial charge in [-0.25, -0.2) is 9.18 Å². The zero-order chi connectivity index (χ0) is 16.9. The van der Waals surface area contributed by atoms with Crippen LogP contribution in [0.4, 0.5) is 14.9 Å². The van der Waals surface area contributed by atoms with Gasteiger partial charge in [0.2, 0.25) is 5.91 Å². The number of nitrogens with one attached hydrogen (secondary N) is 2. The molecule has 22 heavy (non-hydrogen) atoms. The third kappa shape index (κ3) is 4.72. The minimum absolute atomic E-state index is 0.00772. The minimum Gasteiger partial charge on any atom is -0.481 e. The first kappa shape index (κ1) is 17.4. The summed E-state index contributed by atoms with van der Waals surface area (Å²) < 4.78 is 13.7. The SMILES string of the molecule is CC(C)(CCNC(=O)Nc1ccc(C(N)=O)cc1F)C(=O)O. The number of rotatable bonds is 6. The van der Waals surface area contributed by atoms with Gasteiger partial charge in [0, 0.05) is 12.1 Å². The molecular weight excluding hydrogens is 293 g/mol. The monoisotopic (exact) mass is 311 g/mol. The van der Waals surface area contributed by atoms with Crippen LogP contribution in [0, 0.1) is 11.2 Å². The number of anilines is 1. The molecule has 7 nitrogen and oxygen atoms in total. The van der Waals surface area contributed by atoms with Crippen molar-refractivity contribution < 1.29 is 23.9 Å². The molecule has 1 aromatic carbocycles. The number of aliphatic carboxylic acids is 1. The van der Waals surface area contributed by atoms with E-state index in [9.17, 15) is 18.8 Å². The van der Waals surface area contributed by atoms with Crippen molar-refractivity contribution in [1.82, 2.24) is 5.32 Å². The molecule has 0 aliphatic carbocycles. The number of carboxylic acid groups (broad SMARTS) is 1. The van der Waals surface area contributed by atoms with Gasteiger partial charge in [-0.15, -0.1) is 0 Å². The smallest absolute Gasteiger partial charge is 0.319 e. The van der Waals surface area contributed by atoms with Gasteiger partial charge in [0.15, 0.2) is 0 Å². The number of halogens is 1. The summed E-state index contributed by atoms with van der Waals surface area (Å²) in [6, 6.07) is 2.75. The summed E-state index contributed by atoms with van der Waals surface area (Å²) in [5.74, 6) is -2.54. The zero-order valence-corrected chi connectivity index (χ0v) is 12.3. The first-order chi connectivity index (χ1) is 10.1. The molecule has 0 aliphatic heterocycles. The van der Waals surface area contributed by atoms with E-state index in [2.05, 4.69) is 10.6 Å². The topological polar surface area (TPSA) is 122 Å². The maximum atomic E-state index is 13.7. The summed E-state index contributed by atoms with van der Waals surface area (Å²) in [7, 11) is 0. The summed E-state index contributed by atoms with van der Waals surface area (Å²) >= 11 is 0. The molecule has 5 N–H and O–H groups in total. The molecule has 3 amide bonds. The number of amides is 3. The van der Waals surface area contributed by atoms with Gasteiger partial charge in [-0.2, -0.15) is 0 Å². The lowest BCUT2D eigenvalue weighted by Crippen LogP contribution is -2.34. The number of benzene rings is 1. The highest BCUT2D eigenvalue weighted by molar-refractivity contribution is 5.94. The molecule has 0 aromatic heterocycles. The maximum absolute atomic E-state index is 13.7. The Hall–Kier alpha value is -2.64. The second-order valence-corrected chi connectivity index (χ2v) is 5.38. The molecule has 1 rings (SSSR count). The van der Waals surface area contributed by atoms with Crippen molar-refractivity contribution in [2.75, 3.05) is 11.9 Å². The van der Waals surface area contributed by atoms with E-state index in [0.717, 1.165) is 6.07 Å². The second-order valence-electron chi connectivity index (χ2n) is 5.38. The molecule has 0 bridgehead atoms. The molecule has 0 spiro atoms. The first-order valence-electron chi connectivity index (χ1n) is 6.51. The quantitative estimate of drug-likeness (QED) is 0.636. The van der Waals surface area contributed by atoms with Gasteiger partial charge < -0.3 is 21.5 Å². The molecule has 0 heterocycles. The molecule has 120 valence electrons. The van der Waals surface area contributed by atoms with E-state index in [0.29, 0.717) is 0 Å². The highest BCUT2D eigenvalue weighted by Crippen LogP contribution is 2.19. The standard InChI is InChI=1S/C14H18FN3O4/c1-14(2,12(20)21)5-6-17-13(22)18-10-4-3-8(11(16)19)7-9(10)15/h3-4,7H,5-6H2,1-2H3,(H2,16,19)(H,20,21)(H2,17,18,22). The van der Waals surface area contributed by atoms with E-state index < -0.39 is 29.1 Å². The Morgan fingerprint density at radius 1 is 1.32 bits per heavy atom. The van der Waals surface area contributed by atoms with Gasteiger partial charge in [0.1, 0.15) is 5.82 Å². The predicted molar refractivity (Wildman–Crippen MR) is 78.0 cm³/mol. The van der Waals surface area contributed by atoms with E-state index in [1.54, 1.807) is 0 Å². The average molecular weight is 311 g/mol. The van der Waals surface area contributed by atoms with E-state index in [-0.39, 0.29) is 24.2 Å². The van der Waals surface area contributed by atoms with Gasteiger partial charge in [-0.1, -0.05) is 0 Å². The lowest BCUT2D eigenvalue weighted by molar-refractivity contribution is -0.147. The normalized spacial score (nSPS) is 10.9. The van der Waals surface area contributed by atoms with E-state index in [1.807, 2.05) is 0 Å². The van der Waals surface area contributed by atoms with Crippen LogP contribution >= 0.6 is 0 Å². The molecule has 0 saturated carbocycles. The maximum Gasteiger partial charge on any atom is 0.319 e. The Morgan fingerprint density at radius 3 is 2.45 bits per heavy atom. The fraction of sp³-hybridized carbons (Fsp3) is 0.357. The van der Waals surface area contributed by atoms with Gasteiger partial charge >= 0.3 is 12.0 Å². The number of carbonyl (C=O) groups excluding carboxylic acids is 2. The summed E-state index contributed by atoms with van der Waals surface area (Å²) in [5, 5.41) is 13.6. The Morgan fingerprint density at radius 2 is 1.95 bits per heavy atom. The molecule has 0 atom stereocenters. The summed E-state index contributed by atoms with van der Waals surface area (Å²) in [4.78, 5) is 33.4. The van der Waals surface area contributed by atoms with Crippen molar-refractivity contribution in [3.05, 3.63) is 29.6 Å². The first-order valence-corrected chi connectivity index (χ1v) is 6.51. The predicted octanol–water partition coefficient (Wildman–Crippen LogP) is 1.55. The Labute approximate surface area is 126 Å². The van der Waals surface area contributed by atoms with Crippen LogP contribution < -0.4 is 16.4 Å². The van der Waals surface area contributed by atoms with Crippen LogP contribution in [0.25, 0.3) is 0 Å². The zero-order valence-electron chi connectivity index (χ0n) is 12.3. The average Bonchev–Trinajstić information content (AvgIpc) is 2.40. The molecule has 0 radical (unpaired) electrons. The van der Waals surface area contributed by atoms with Crippen LogP contribution in [0.1, 0.15) is 30.6 Å². The molecule has 0 fully saturated rings. The summed E-state index contributed by atoms with van der Waals surface area (Å²) in [6.07, 6.45) is 0.221. The summed E-state index contributed by atoms with van der Waals surface area (Å²) in [5.41, 5.74) is 3.92. The van der Waals surface area contributed by atoms with Crippen molar-refractivity contribution in [2.45, 2.75) is 20.3 Å². The van der Waals surface area contributed by atoms with E-state index in [4.69, 9.17) is 10.8 Å². The van der Waals surface area contributed by atoms with Gasteiger partial charge in [-0.3, -0.25) is 9.59 Å². The minimum atomic E-state index is -0.971. The van der Waals surface area contributed by atoms with Crippen LogP contribution in [0.5, 0.6) is 0 Å². The van der Waals surface area contributed by atoms with Crippen LogP contribution in [0.3, 0.4) is 0 Å². The Balaban J connectivity index is 2.56. The Kier molecular flexibility index (Phi) is 5.44. The van der Waals surface area contributed by atoms with E-state index >= 15 is 0 Å². The van der Waals surface area contributed by atoms with Crippen molar-refractivity contribution in [2.24, 2.45) is 11.1 Å². The summed E-state index contributed by atoms with van der Waals surface area (Å²) in [6.45, 7) is 3.19. The number of hydrogen-bond acceptors (Lipinski definition) is 3. The van der Waals surface area contributed by atoms with Crippen molar-refractivity contribution in [3.63, 3.8) is 0 Å². The molecule has 0 aliphatic rings. The number of primary amides is 1. The van der Waals surface area contributed by atoms with Crippen LogP contribution in [-0.4, -0.2) is 29.6 Å². The third-order valence-electron chi connectivity index (χ3n) is 3.12. The van der Waals surface area contributed by atoms with Crippen molar-refractivity contribution >= 4 is 23.6 Å². The number of urea groups is 1. The van der Waals surface area contributed by atoms with Gasteiger partial charge in [-0.05, 0) is 38.5 Å². The molecular formula is C14H18FN3O4. The lowest BCUT2D eigenvalue weighted by atomic mass is 9.90. The number of nitrogens with two attached hydrogens (primary N) is 1. The molecule has 0 unspecified atom stereocenters. The number of hydrogen-bond donors (Lipinski definition) is 4. The number of carboxylic acids is 1. The largest absolute Gasteiger partial charge is 0.481 e. The molecule has 1 aromatic rings. The van der Waals surface area contributed by atoms with Crippen LogP contribution in [-0.2, 0) is 4.79 Å². The molecule has 8 heteroatoms. The van der Waals surface area contributed by atoms with E-state index in [1.165, 1.54) is 26.0 Å². The number of carbonyl (C=O) groups is 3. The lowest BCUT2D eigenvalue weighted by Gasteiger charge is -2.19. The van der Waals surface area contributed by atoms with Crippen LogP contribution in [0.15, 0.2) is 18.2 Å². The highest BCUT2D eigenvalue weighted by Gasteiger charge is 2.26. The van der Waals surface area contributed by atoms with Crippen LogP contribution in [0.2, 0.25) is 0 Å². The third-order valence-corrected chi connectivity index (χ3v) is 3.12. The highest BCUT2D eigenvalue weighted by atomic mass is 19.1. The van der Waals surface area contributed by atoms with Crippen molar-refractivity contribution in [3.8, 4) is 0 Å². The fourth-order valence-electron chi connectivity index (χ4n) is 1.53. The van der Waals surface area contributed by atoms with Gasteiger partial charge in [0.25, 0.3) is 0 Å². The van der Waals surface area contributed by atoms with Gasteiger partial charge in [0.05, 0.1) is 11.1 Å². The second kappa shape index (κ2) is 6.88. The molecule has 0 saturated heterocycles. The van der Waals surface area contributed by atoms with Crippen molar-refractivity contribution in [1.29, 1.82) is 0 Å². The Bertz CT molecular complexity index is 602.